The number of hydrogen-bond acceptors (Lipinski definition) is 3. The summed E-state index contributed by atoms with van der Waals surface area (Å²) in [5, 5.41) is 6.01. The van der Waals surface area contributed by atoms with Gasteiger partial charge in [0.1, 0.15) is 0 Å². The molecule has 1 fully saturated rings. The minimum absolute atomic E-state index is 0.107. The van der Waals surface area contributed by atoms with Gasteiger partial charge in [-0.15, -0.1) is 0 Å². The van der Waals surface area contributed by atoms with Crippen molar-refractivity contribution in [2.75, 3.05) is 13.1 Å². The van der Waals surface area contributed by atoms with Gasteiger partial charge in [-0.25, -0.2) is 0 Å². The number of carbonyl (C=O) groups is 2. The second-order valence-corrected chi connectivity index (χ2v) is 4.68. The second-order valence-electron chi connectivity index (χ2n) is 4.68. The van der Waals surface area contributed by atoms with Crippen molar-refractivity contribution in [3.63, 3.8) is 0 Å². The van der Waals surface area contributed by atoms with Gasteiger partial charge in [0, 0.05) is 25.6 Å². The summed E-state index contributed by atoms with van der Waals surface area (Å²) in [6, 6.07) is 0.196. The van der Waals surface area contributed by atoms with Gasteiger partial charge >= 0.3 is 0 Å². The third kappa shape index (κ3) is 3.51. The van der Waals surface area contributed by atoms with Crippen LogP contribution in [0, 0.1) is 5.41 Å². The van der Waals surface area contributed by atoms with E-state index in [0.717, 1.165) is 6.42 Å². The molecule has 1 aliphatic heterocycles. The van der Waals surface area contributed by atoms with Crippen LogP contribution in [-0.2, 0) is 9.59 Å². The SMILES string of the molecule is CC(C)(CNCC1CCC(=O)N1)C(N)=O. The molecule has 0 aromatic carbocycles. The van der Waals surface area contributed by atoms with Crippen molar-refractivity contribution in [1.82, 2.24) is 10.6 Å². The number of nitrogens with two attached hydrogens (primary N) is 1. The lowest BCUT2D eigenvalue weighted by atomic mass is 9.93. The Bertz CT molecular complexity index is 263. The Kier molecular flexibility index (Phi) is 3.68. The summed E-state index contributed by atoms with van der Waals surface area (Å²) < 4.78 is 0. The van der Waals surface area contributed by atoms with E-state index in [1.807, 2.05) is 0 Å². The highest BCUT2D eigenvalue weighted by Gasteiger charge is 2.26. The number of carbonyl (C=O) groups excluding carboxylic acids is 2. The van der Waals surface area contributed by atoms with E-state index in [0.29, 0.717) is 19.5 Å². The van der Waals surface area contributed by atoms with E-state index in [4.69, 9.17) is 5.73 Å². The summed E-state index contributed by atoms with van der Waals surface area (Å²) >= 11 is 0. The largest absolute Gasteiger partial charge is 0.369 e. The molecule has 2 amide bonds. The Hall–Kier alpha value is -1.10. The molecule has 15 heavy (non-hydrogen) atoms. The van der Waals surface area contributed by atoms with Gasteiger partial charge in [0.2, 0.25) is 11.8 Å². The smallest absolute Gasteiger partial charge is 0.224 e. The van der Waals surface area contributed by atoms with Crippen molar-refractivity contribution in [3.8, 4) is 0 Å². The number of rotatable bonds is 5. The highest BCUT2D eigenvalue weighted by Crippen LogP contribution is 2.12. The molecule has 5 nitrogen and oxygen atoms in total. The summed E-state index contributed by atoms with van der Waals surface area (Å²) in [6.07, 6.45) is 1.47. The van der Waals surface area contributed by atoms with Crippen molar-refractivity contribution in [2.24, 2.45) is 11.1 Å². The average Bonchev–Trinajstić information content (AvgIpc) is 2.51. The first-order valence-corrected chi connectivity index (χ1v) is 5.22. The molecule has 0 radical (unpaired) electrons. The predicted octanol–water partition coefficient (Wildman–Crippen LogP) is -0.634. The minimum atomic E-state index is -0.539. The molecule has 1 rings (SSSR count). The number of nitrogens with one attached hydrogen (secondary N) is 2. The van der Waals surface area contributed by atoms with E-state index >= 15 is 0 Å². The Morgan fingerprint density at radius 2 is 2.33 bits per heavy atom. The fraction of sp³-hybridized carbons (Fsp3) is 0.800. The topological polar surface area (TPSA) is 84.2 Å². The van der Waals surface area contributed by atoms with Crippen molar-refractivity contribution in [2.45, 2.75) is 32.7 Å². The zero-order chi connectivity index (χ0) is 11.5. The first-order valence-electron chi connectivity index (χ1n) is 5.22. The quantitative estimate of drug-likeness (QED) is 0.568. The molecular formula is C10H19N3O2. The number of amides is 2. The van der Waals surface area contributed by atoms with Gasteiger partial charge in [-0.3, -0.25) is 9.59 Å². The van der Waals surface area contributed by atoms with Crippen molar-refractivity contribution in [1.29, 1.82) is 0 Å². The van der Waals surface area contributed by atoms with Crippen LogP contribution in [0.25, 0.3) is 0 Å². The van der Waals surface area contributed by atoms with Crippen LogP contribution < -0.4 is 16.4 Å². The monoisotopic (exact) mass is 213 g/mol. The predicted molar refractivity (Wildman–Crippen MR) is 57.0 cm³/mol. The molecule has 0 aromatic rings. The fourth-order valence-corrected chi connectivity index (χ4v) is 1.48. The zero-order valence-corrected chi connectivity index (χ0v) is 9.30. The van der Waals surface area contributed by atoms with E-state index in [1.165, 1.54) is 0 Å². The lowest BCUT2D eigenvalue weighted by Crippen LogP contribution is -2.44. The summed E-state index contributed by atoms with van der Waals surface area (Å²) in [4.78, 5) is 21.9. The summed E-state index contributed by atoms with van der Waals surface area (Å²) in [6.45, 7) is 4.84. The van der Waals surface area contributed by atoms with Crippen LogP contribution in [0.1, 0.15) is 26.7 Å². The molecule has 1 saturated heterocycles. The van der Waals surface area contributed by atoms with Gasteiger partial charge in [-0.05, 0) is 20.3 Å². The van der Waals surface area contributed by atoms with Crippen LogP contribution in [0.5, 0.6) is 0 Å². The maximum Gasteiger partial charge on any atom is 0.224 e. The fourth-order valence-electron chi connectivity index (χ4n) is 1.48. The van der Waals surface area contributed by atoms with E-state index in [-0.39, 0.29) is 17.9 Å². The van der Waals surface area contributed by atoms with E-state index in [1.54, 1.807) is 13.8 Å². The molecule has 1 aliphatic rings. The highest BCUT2D eigenvalue weighted by atomic mass is 16.2. The Balaban J connectivity index is 2.21. The van der Waals surface area contributed by atoms with Gasteiger partial charge in [0.15, 0.2) is 0 Å². The average molecular weight is 213 g/mol. The highest BCUT2D eigenvalue weighted by molar-refractivity contribution is 5.80. The van der Waals surface area contributed by atoms with Gasteiger partial charge < -0.3 is 16.4 Å². The Morgan fingerprint density at radius 3 is 2.80 bits per heavy atom. The van der Waals surface area contributed by atoms with Crippen molar-refractivity contribution in [3.05, 3.63) is 0 Å². The van der Waals surface area contributed by atoms with E-state index in [2.05, 4.69) is 10.6 Å². The standard InChI is InChI=1S/C10H19N3O2/c1-10(2,9(11)15)6-12-5-7-3-4-8(14)13-7/h7,12H,3-6H2,1-2H3,(H2,11,15)(H,13,14). The van der Waals surface area contributed by atoms with Gasteiger partial charge in [-0.1, -0.05) is 0 Å². The van der Waals surface area contributed by atoms with Gasteiger partial charge in [-0.2, -0.15) is 0 Å². The van der Waals surface area contributed by atoms with Crippen LogP contribution >= 0.6 is 0 Å². The lowest BCUT2D eigenvalue weighted by Gasteiger charge is -2.22. The maximum absolute atomic E-state index is 11.0. The van der Waals surface area contributed by atoms with Crippen molar-refractivity contribution >= 4 is 11.8 Å². The minimum Gasteiger partial charge on any atom is -0.369 e. The van der Waals surface area contributed by atoms with Crippen LogP contribution in [0.15, 0.2) is 0 Å². The van der Waals surface area contributed by atoms with Crippen LogP contribution in [0.2, 0.25) is 0 Å². The molecular weight excluding hydrogens is 194 g/mol. The van der Waals surface area contributed by atoms with Crippen LogP contribution in [0.4, 0.5) is 0 Å². The molecule has 86 valence electrons. The molecule has 0 spiro atoms. The molecule has 1 unspecified atom stereocenters. The molecule has 4 N–H and O–H groups in total. The molecule has 0 aromatic heterocycles. The normalized spacial score (nSPS) is 21.5. The molecule has 0 aliphatic carbocycles. The van der Waals surface area contributed by atoms with E-state index in [9.17, 15) is 9.59 Å². The third-order valence-corrected chi connectivity index (χ3v) is 2.71. The number of hydrogen-bond donors (Lipinski definition) is 3. The van der Waals surface area contributed by atoms with E-state index < -0.39 is 5.41 Å². The summed E-state index contributed by atoms with van der Waals surface area (Å²) in [7, 11) is 0. The maximum atomic E-state index is 11.0. The third-order valence-electron chi connectivity index (χ3n) is 2.71. The molecule has 1 heterocycles. The first kappa shape index (κ1) is 12.0. The molecule has 1 atom stereocenters. The molecule has 0 bridgehead atoms. The molecule has 0 saturated carbocycles. The second kappa shape index (κ2) is 4.61. The Morgan fingerprint density at radius 1 is 1.67 bits per heavy atom. The van der Waals surface area contributed by atoms with Crippen molar-refractivity contribution < 1.29 is 9.59 Å². The lowest BCUT2D eigenvalue weighted by molar-refractivity contribution is -0.125. The zero-order valence-electron chi connectivity index (χ0n) is 9.30. The summed E-state index contributed by atoms with van der Waals surface area (Å²) in [5.74, 6) is -0.207. The number of primary amides is 1. The van der Waals surface area contributed by atoms with Gasteiger partial charge in [0.25, 0.3) is 0 Å². The first-order chi connectivity index (χ1) is 6.92. The van der Waals surface area contributed by atoms with Crippen LogP contribution in [0.3, 0.4) is 0 Å². The van der Waals surface area contributed by atoms with Crippen LogP contribution in [-0.4, -0.2) is 30.9 Å². The van der Waals surface area contributed by atoms with Gasteiger partial charge in [0.05, 0.1) is 5.41 Å². The Labute approximate surface area is 89.8 Å². The summed E-state index contributed by atoms with van der Waals surface area (Å²) in [5.41, 5.74) is 4.70. The molecule has 5 heteroatoms.